The maximum absolute atomic E-state index is 13.0. The van der Waals surface area contributed by atoms with Crippen molar-refractivity contribution in [3.63, 3.8) is 0 Å². The zero-order chi connectivity index (χ0) is 25.0. The predicted molar refractivity (Wildman–Crippen MR) is 130 cm³/mol. The van der Waals surface area contributed by atoms with E-state index in [1.807, 2.05) is 6.92 Å². The molecule has 4 fully saturated rings. The lowest BCUT2D eigenvalue weighted by molar-refractivity contribution is -0.139. The smallest absolute Gasteiger partial charge is 0.316 e. The number of fused-ring (bicyclic) bond motifs is 5. The molecule has 186 valence electrons. The monoisotopic (exact) mass is 488 g/mol. The van der Waals surface area contributed by atoms with Crippen LogP contribution < -0.4 is 19.3 Å². The molecule has 8 nitrogen and oxygen atoms in total. The van der Waals surface area contributed by atoms with Crippen molar-refractivity contribution in [2.45, 2.75) is 32.6 Å². The average molecular weight is 489 g/mol. The Bertz CT molecular complexity index is 1200. The zero-order valence-corrected chi connectivity index (χ0v) is 20.1. The lowest BCUT2D eigenvalue weighted by atomic mass is 9.81. The molecule has 0 spiro atoms. The van der Waals surface area contributed by atoms with Crippen LogP contribution in [-0.2, 0) is 19.2 Å². The van der Waals surface area contributed by atoms with Crippen LogP contribution in [0.5, 0.6) is 11.5 Å². The van der Waals surface area contributed by atoms with E-state index in [2.05, 4.69) is 0 Å². The molecule has 0 N–H and O–H groups in total. The summed E-state index contributed by atoms with van der Waals surface area (Å²) in [5.74, 6) is -0.0434. The van der Waals surface area contributed by atoms with Gasteiger partial charge in [-0.1, -0.05) is 0 Å². The summed E-state index contributed by atoms with van der Waals surface area (Å²) in [7, 11) is 0. The van der Waals surface area contributed by atoms with Gasteiger partial charge in [-0.05, 0) is 86.6 Å². The number of nitrogens with zero attached hydrogens (tertiary/aromatic N) is 2. The van der Waals surface area contributed by atoms with Gasteiger partial charge >= 0.3 is 5.97 Å². The second-order valence-electron chi connectivity index (χ2n) is 10.1. The quantitative estimate of drug-likeness (QED) is 0.351. The summed E-state index contributed by atoms with van der Waals surface area (Å²) >= 11 is 0. The molecule has 0 aromatic heterocycles. The maximum atomic E-state index is 13.0. The number of anilines is 2. The van der Waals surface area contributed by atoms with Crippen molar-refractivity contribution < 1.29 is 28.7 Å². The van der Waals surface area contributed by atoms with Crippen LogP contribution >= 0.6 is 0 Å². The van der Waals surface area contributed by atoms with Gasteiger partial charge in [0.2, 0.25) is 17.7 Å². The van der Waals surface area contributed by atoms with Gasteiger partial charge in [-0.3, -0.25) is 24.1 Å². The molecule has 2 aliphatic carbocycles. The maximum Gasteiger partial charge on any atom is 0.316 e. The van der Waals surface area contributed by atoms with Crippen LogP contribution in [0, 0.1) is 29.6 Å². The topological polar surface area (TPSA) is 93.2 Å². The normalized spacial score (nSPS) is 28.7. The third kappa shape index (κ3) is 3.67. The Balaban J connectivity index is 1.10. The van der Waals surface area contributed by atoms with Crippen molar-refractivity contribution in [3.05, 3.63) is 48.5 Å². The fourth-order valence-electron chi connectivity index (χ4n) is 6.53. The van der Waals surface area contributed by atoms with Crippen molar-refractivity contribution in [2.24, 2.45) is 29.6 Å². The van der Waals surface area contributed by atoms with Crippen LogP contribution in [0.2, 0.25) is 0 Å². The first kappa shape index (κ1) is 22.8. The van der Waals surface area contributed by atoms with Gasteiger partial charge in [-0.25, -0.2) is 0 Å². The molecule has 36 heavy (non-hydrogen) atoms. The van der Waals surface area contributed by atoms with Gasteiger partial charge in [0.1, 0.15) is 11.5 Å². The number of hydrogen-bond donors (Lipinski definition) is 0. The van der Waals surface area contributed by atoms with Crippen LogP contribution in [0.25, 0.3) is 0 Å². The minimum atomic E-state index is -0.583. The van der Waals surface area contributed by atoms with Crippen molar-refractivity contribution in [3.8, 4) is 11.5 Å². The fraction of sp³-hybridized carbons (Fsp3) is 0.429. The highest BCUT2D eigenvalue weighted by molar-refractivity contribution is 6.22. The largest absolute Gasteiger partial charge is 0.494 e. The molecule has 0 unspecified atom stereocenters. The number of carbonyl (C=O) groups is 4. The highest BCUT2D eigenvalue weighted by atomic mass is 16.5. The number of carbonyl (C=O) groups excluding carboxylic acids is 4. The molecule has 2 saturated carbocycles. The summed E-state index contributed by atoms with van der Waals surface area (Å²) in [4.78, 5) is 54.3. The molecule has 8 heteroatoms. The van der Waals surface area contributed by atoms with E-state index >= 15 is 0 Å². The van der Waals surface area contributed by atoms with E-state index in [-0.39, 0.29) is 42.5 Å². The van der Waals surface area contributed by atoms with Crippen molar-refractivity contribution >= 4 is 35.1 Å². The van der Waals surface area contributed by atoms with Crippen LogP contribution in [0.4, 0.5) is 11.4 Å². The number of amides is 3. The molecule has 6 rings (SSSR count). The van der Waals surface area contributed by atoms with E-state index in [1.54, 1.807) is 53.4 Å². The number of ether oxygens (including phenoxy) is 2. The number of benzene rings is 2. The number of rotatable bonds is 6. The first-order valence-electron chi connectivity index (χ1n) is 12.7. The van der Waals surface area contributed by atoms with E-state index in [0.717, 1.165) is 25.0 Å². The van der Waals surface area contributed by atoms with Gasteiger partial charge in [-0.15, -0.1) is 0 Å². The summed E-state index contributed by atoms with van der Waals surface area (Å²) in [5.41, 5.74) is 1.22. The predicted octanol–water partition coefficient (Wildman–Crippen LogP) is 3.58. The van der Waals surface area contributed by atoms with Crippen LogP contribution in [0.1, 0.15) is 32.6 Å². The van der Waals surface area contributed by atoms with Gasteiger partial charge in [-0.2, -0.15) is 0 Å². The van der Waals surface area contributed by atoms with Gasteiger partial charge in [0.05, 0.1) is 30.0 Å². The Kier molecular flexibility index (Phi) is 5.54. The van der Waals surface area contributed by atoms with Crippen LogP contribution in [0.15, 0.2) is 48.5 Å². The Labute approximate surface area is 209 Å². The Morgan fingerprint density at radius 3 is 2.06 bits per heavy atom. The molecule has 2 aromatic carbocycles. The Morgan fingerprint density at radius 1 is 0.861 bits per heavy atom. The molecule has 2 aromatic rings. The molecule has 2 aliphatic heterocycles. The van der Waals surface area contributed by atoms with Crippen LogP contribution in [0.3, 0.4) is 0 Å². The molecular weight excluding hydrogens is 460 g/mol. The highest BCUT2D eigenvalue weighted by Gasteiger charge is 2.61. The second-order valence-corrected chi connectivity index (χ2v) is 10.1. The molecule has 0 radical (unpaired) electrons. The first-order chi connectivity index (χ1) is 17.4. The zero-order valence-electron chi connectivity index (χ0n) is 20.1. The SMILES string of the molecule is CCOc1ccc(N2C[C@H](C(=O)Oc3ccc(N4C(=O)[C@@H]5[C@H]6CC[C@@H](C6)[C@@H]5C4=O)cc3)CC2=O)cc1. The number of esters is 1. The first-order valence-corrected chi connectivity index (χ1v) is 12.7. The summed E-state index contributed by atoms with van der Waals surface area (Å²) in [6.07, 6.45) is 3.14. The van der Waals surface area contributed by atoms with E-state index in [9.17, 15) is 19.2 Å². The Hall–Kier alpha value is -3.68. The van der Waals surface area contributed by atoms with E-state index < -0.39 is 11.9 Å². The summed E-state index contributed by atoms with van der Waals surface area (Å²) in [6, 6.07) is 13.7. The summed E-state index contributed by atoms with van der Waals surface area (Å²) < 4.78 is 11.0. The molecule has 5 atom stereocenters. The molecule has 2 heterocycles. The lowest BCUT2D eigenvalue weighted by Crippen LogP contribution is -2.32. The van der Waals surface area contributed by atoms with Crippen molar-refractivity contribution in [2.75, 3.05) is 23.0 Å². The summed E-state index contributed by atoms with van der Waals surface area (Å²) in [6.45, 7) is 2.70. The molecule has 2 saturated heterocycles. The van der Waals surface area contributed by atoms with Gasteiger partial charge < -0.3 is 14.4 Å². The van der Waals surface area contributed by atoms with E-state index in [1.165, 1.54) is 4.90 Å². The second kappa shape index (κ2) is 8.76. The average Bonchev–Trinajstić information content (AvgIpc) is 3.64. The van der Waals surface area contributed by atoms with E-state index in [0.29, 0.717) is 35.6 Å². The van der Waals surface area contributed by atoms with E-state index in [4.69, 9.17) is 9.47 Å². The van der Waals surface area contributed by atoms with Crippen molar-refractivity contribution in [1.82, 2.24) is 0 Å². The minimum absolute atomic E-state index is 0.0754. The van der Waals surface area contributed by atoms with Gasteiger partial charge in [0.25, 0.3) is 0 Å². The Morgan fingerprint density at radius 2 is 1.44 bits per heavy atom. The standard InChI is InChI=1S/C28H28N2O6/c1-2-35-21-9-5-19(6-10-21)29-15-18(14-23(29)31)28(34)36-22-11-7-20(8-12-22)30-26(32)24-16-3-4-17(13-16)25(24)27(30)33/h5-12,16-18,24-25H,2-4,13-15H2,1H3/t16-,17-,18+,24-,25+/m0/s1. The van der Waals surface area contributed by atoms with Gasteiger partial charge in [0, 0.05) is 18.7 Å². The number of imide groups is 1. The van der Waals surface area contributed by atoms with Crippen molar-refractivity contribution in [1.29, 1.82) is 0 Å². The molecular formula is C28H28N2O6. The third-order valence-corrected chi connectivity index (χ3v) is 8.16. The highest BCUT2D eigenvalue weighted by Crippen LogP contribution is 2.56. The molecule has 3 amide bonds. The third-order valence-electron chi connectivity index (χ3n) is 8.16. The minimum Gasteiger partial charge on any atom is -0.494 e. The lowest BCUT2D eigenvalue weighted by Gasteiger charge is -2.19. The molecule has 2 bridgehead atoms. The molecule has 4 aliphatic rings. The fourth-order valence-corrected chi connectivity index (χ4v) is 6.53. The summed E-state index contributed by atoms with van der Waals surface area (Å²) in [5, 5.41) is 0. The number of hydrogen-bond acceptors (Lipinski definition) is 6. The van der Waals surface area contributed by atoms with Gasteiger partial charge in [0.15, 0.2) is 0 Å². The van der Waals surface area contributed by atoms with Crippen LogP contribution in [-0.4, -0.2) is 36.8 Å².